The zero-order valence-electron chi connectivity index (χ0n) is 25.0. The Labute approximate surface area is 237 Å². The summed E-state index contributed by atoms with van der Waals surface area (Å²) >= 11 is 0. The average Bonchev–Trinajstić information content (AvgIpc) is 3.33. The van der Waals surface area contributed by atoms with Gasteiger partial charge in [-0.1, -0.05) is 19.1 Å². The molecule has 0 spiro atoms. The van der Waals surface area contributed by atoms with E-state index in [1.807, 2.05) is 37.3 Å². The number of benzene rings is 2. The fourth-order valence-corrected chi connectivity index (χ4v) is 6.67. The molecule has 1 heterocycles. The van der Waals surface area contributed by atoms with Crippen LogP contribution in [0.1, 0.15) is 72.4 Å². The third kappa shape index (κ3) is 6.98. The van der Waals surface area contributed by atoms with Crippen LogP contribution in [0.2, 0.25) is 0 Å². The van der Waals surface area contributed by atoms with Gasteiger partial charge in [0.15, 0.2) is 5.43 Å². The Kier molecular flexibility index (Phi) is 8.86. The topological polar surface area (TPSA) is 85.2 Å². The van der Waals surface area contributed by atoms with Crippen LogP contribution >= 0.6 is 7.82 Å². The molecule has 1 aliphatic carbocycles. The van der Waals surface area contributed by atoms with Gasteiger partial charge in [-0.3, -0.25) is 18.4 Å². The fourth-order valence-electron chi connectivity index (χ4n) is 4.92. The van der Waals surface area contributed by atoms with E-state index in [1.165, 1.54) is 0 Å². The summed E-state index contributed by atoms with van der Waals surface area (Å²) in [6.45, 7) is 13.1. The molecule has 0 aliphatic heterocycles. The predicted octanol–water partition coefficient (Wildman–Crippen LogP) is 7.67. The molecule has 218 valence electrons. The molecular formula is C31H42NO7P. The van der Waals surface area contributed by atoms with Gasteiger partial charge in [0, 0.05) is 11.8 Å². The molecule has 0 bridgehead atoms. The number of aryl methyl sites for hydroxylation is 2. The van der Waals surface area contributed by atoms with E-state index in [-0.39, 0.29) is 12.2 Å². The summed E-state index contributed by atoms with van der Waals surface area (Å²) in [4.78, 5) is 14.2. The zero-order valence-corrected chi connectivity index (χ0v) is 25.9. The molecule has 1 aromatic heterocycles. The van der Waals surface area contributed by atoms with Crippen molar-refractivity contribution < 1.29 is 27.6 Å². The second-order valence-electron chi connectivity index (χ2n) is 12.1. The number of fused-ring (bicyclic) bond motifs is 3. The van der Waals surface area contributed by atoms with Gasteiger partial charge in [-0.15, -0.1) is 0 Å². The molecule has 0 N–H and O–H groups in total. The summed E-state index contributed by atoms with van der Waals surface area (Å²) < 4.78 is 45.0. The lowest BCUT2D eigenvalue weighted by atomic mass is 9.98. The van der Waals surface area contributed by atoms with Gasteiger partial charge < -0.3 is 14.0 Å². The van der Waals surface area contributed by atoms with E-state index in [1.54, 1.807) is 59.4 Å². The minimum atomic E-state index is -4.02. The lowest BCUT2D eigenvalue weighted by Crippen LogP contribution is -2.25. The monoisotopic (exact) mass is 571 g/mol. The highest BCUT2D eigenvalue weighted by atomic mass is 31.2. The molecule has 0 amide bonds. The first-order valence-corrected chi connectivity index (χ1v) is 15.3. The Morgan fingerprint density at radius 3 is 2.20 bits per heavy atom. The number of hydrogen-bond acceptors (Lipinski definition) is 7. The molecule has 0 fully saturated rings. The summed E-state index contributed by atoms with van der Waals surface area (Å²) in [5, 5.41) is 0.612. The van der Waals surface area contributed by atoms with Gasteiger partial charge in [0.2, 0.25) is 0 Å². The molecule has 0 saturated heterocycles. The molecule has 2 aromatic carbocycles. The van der Waals surface area contributed by atoms with Gasteiger partial charge in [0.05, 0.1) is 35.8 Å². The van der Waals surface area contributed by atoms with E-state index in [0.717, 1.165) is 42.4 Å². The van der Waals surface area contributed by atoms with Crippen molar-refractivity contribution in [2.45, 2.75) is 92.1 Å². The highest BCUT2D eigenvalue weighted by molar-refractivity contribution is 7.48. The number of nitrogens with zero attached hydrogens (tertiary/aromatic N) is 1. The van der Waals surface area contributed by atoms with E-state index in [9.17, 15) is 9.36 Å². The fraction of sp³-hybridized carbons (Fsp3) is 0.516. The molecule has 40 heavy (non-hydrogen) atoms. The highest BCUT2D eigenvalue weighted by Crippen LogP contribution is 2.55. The van der Waals surface area contributed by atoms with Gasteiger partial charge in [-0.2, -0.15) is 0 Å². The van der Waals surface area contributed by atoms with Crippen molar-refractivity contribution in [2.24, 2.45) is 0 Å². The standard InChI is InChI=1S/C31H42NO7P/c1-9-17-36-26-18-22-11-10-12-24(22)27-28(26)32(19-25(29(27)33)21-13-15-23(35-8)16-14-21)20-37-40(34,38-30(2,3)4)39-31(5,6)7/h13-16,18-19H,9-12,17,20H2,1-8H3. The van der Waals surface area contributed by atoms with Crippen molar-refractivity contribution >= 4 is 18.7 Å². The minimum absolute atomic E-state index is 0.0726. The van der Waals surface area contributed by atoms with Crippen molar-refractivity contribution in [1.82, 2.24) is 4.57 Å². The highest BCUT2D eigenvalue weighted by Gasteiger charge is 2.37. The van der Waals surface area contributed by atoms with Crippen LogP contribution in [0.4, 0.5) is 0 Å². The molecule has 1 aliphatic rings. The quantitative estimate of drug-likeness (QED) is 0.231. The molecule has 4 rings (SSSR count). The molecular weight excluding hydrogens is 529 g/mol. The van der Waals surface area contributed by atoms with E-state index in [0.29, 0.717) is 34.6 Å². The van der Waals surface area contributed by atoms with Gasteiger partial charge in [0.1, 0.15) is 18.2 Å². The molecule has 9 heteroatoms. The third-order valence-electron chi connectivity index (χ3n) is 6.37. The predicted molar refractivity (Wildman–Crippen MR) is 158 cm³/mol. The number of methoxy groups -OCH3 is 1. The van der Waals surface area contributed by atoms with Crippen molar-refractivity contribution in [3.05, 3.63) is 57.9 Å². The average molecular weight is 572 g/mol. The van der Waals surface area contributed by atoms with Crippen LogP contribution < -0.4 is 14.9 Å². The summed E-state index contributed by atoms with van der Waals surface area (Å²) in [5.74, 6) is 1.31. The van der Waals surface area contributed by atoms with Crippen LogP contribution in [0, 0.1) is 0 Å². The molecule has 8 nitrogen and oxygen atoms in total. The Morgan fingerprint density at radius 2 is 1.62 bits per heavy atom. The maximum atomic E-state index is 14.2. The minimum Gasteiger partial charge on any atom is -0.497 e. The third-order valence-corrected chi connectivity index (χ3v) is 8.34. The van der Waals surface area contributed by atoms with Gasteiger partial charge >= 0.3 is 7.82 Å². The Bertz CT molecular complexity index is 1440. The first-order valence-electron chi connectivity index (χ1n) is 13.9. The number of pyridine rings is 1. The maximum absolute atomic E-state index is 14.2. The molecule has 0 radical (unpaired) electrons. The van der Waals surface area contributed by atoms with Crippen molar-refractivity contribution in [2.75, 3.05) is 13.7 Å². The lowest BCUT2D eigenvalue weighted by Gasteiger charge is -2.31. The number of rotatable bonds is 10. The molecule has 0 saturated carbocycles. The van der Waals surface area contributed by atoms with Crippen LogP contribution in [0.25, 0.3) is 22.0 Å². The normalized spacial score (nSPS) is 14.0. The SMILES string of the molecule is CCCOc1cc2c(c3c(=O)c(-c4ccc(OC)cc4)cn(COP(=O)(OC(C)(C)C)OC(C)(C)C)c13)CCC2. The largest absolute Gasteiger partial charge is 0.497 e. The van der Waals surface area contributed by atoms with Crippen LogP contribution in [0.5, 0.6) is 11.5 Å². The van der Waals surface area contributed by atoms with Gasteiger partial charge in [0.25, 0.3) is 0 Å². The second-order valence-corrected chi connectivity index (χ2v) is 13.6. The smallest absolute Gasteiger partial charge is 0.477 e. The second kappa shape index (κ2) is 11.7. The summed E-state index contributed by atoms with van der Waals surface area (Å²) in [5.41, 5.74) is 2.40. The van der Waals surface area contributed by atoms with Crippen LogP contribution in [0.3, 0.4) is 0 Å². The van der Waals surface area contributed by atoms with E-state index < -0.39 is 19.0 Å². The number of ether oxygens (including phenoxy) is 2. The number of phosphoric acid groups is 1. The van der Waals surface area contributed by atoms with Crippen molar-refractivity contribution in [1.29, 1.82) is 0 Å². The number of hydrogen-bond donors (Lipinski definition) is 0. The number of phosphoric ester groups is 1. The Balaban J connectivity index is 1.93. The van der Waals surface area contributed by atoms with Crippen molar-refractivity contribution in [3.8, 4) is 22.6 Å². The summed E-state index contributed by atoms with van der Waals surface area (Å²) in [6.07, 6.45) is 5.23. The Hall–Kier alpha value is -2.64. The zero-order chi connectivity index (χ0) is 29.3. The van der Waals surface area contributed by atoms with Crippen LogP contribution in [-0.2, 0) is 37.7 Å². The summed E-state index contributed by atoms with van der Waals surface area (Å²) in [6, 6.07) is 9.42. The molecule has 0 unspecified atom stereocenters. The molecule has 0 atom stereocenters. The van der Waals surface area contributed by atoms with E-state index >= 15 is 0 Å². The van der Waals surface area contributed by atoms with Crippen LogP contribution in [0.15, 0.2) is 41.3 Å². The first-order chi connectivity index (χ1) is 18.7. The van der Waals surface area contributed by atoms with Crippen molar-refractivity contribution in [3.63, 3.8) is 0 Å². The Morgan fingerprint density at radius 1 is 0.975 bits per heavy atom. The molecule has 3 aromatic rings. The summed E-state index contributed by atoms with van der Waals surface area (Å²) in [7, 11) is -2.42. The first kappa shape index (κ1) is 30.3. The van der Waals surface area contributed by atoms with E-state index in [4.69, 9.17) is 23.0 Å². The van der Waals surface area contributed by atoms with Gasteiger partial charge in [-0.25, -0.2) is 4.57 Å². The van der Waals surface area contributed by atoms with Gasteiger partial charge in [-0.05, 0) is 102 Å². The number of aromatic nitrogens is 1. The van der Waals surface area contributed by atoms with E-state index in [2.05, 4.69) is 0 Å². The van der Waals surface area contributed by atoms with Crippen LogP contribution in [-0.4, -0.2) is 29.5 Å². The lowest BCUT2D eigenvalue weighted by molar-refractivity contribution is -0.00573. The maximum Gasteiger partial charge on any atom is 0.477 e.